The third kappa shape index (κ3) is 2.86. The zero-order chi connectivity index (χ0) is 21.7. The second kappa shape index (κ2) is 7.16. The molecule has 158 valence electrons. The van der Waals surface area contributed by atoms with E-state index >= 15 is 0 Å². The minimum atomic E-state index is -0.374. The van der Waals surface area contributed by atoms with Crippen LogP contribution in [0, 0.1) is 6.92 Å². The summed E-state index contributed by atoms with van der Waals surface area (Å²) < 4.78 is 10.2. The molecular formula is C23H23N5O3. The molecule has 1 aliphatic heterocycles. The van der Waals surface area contributed by atoms with E-state index in [2.05, 4.69) is 0 Å². The van der Waals surface area contributed by atoms with E-state index in [4.69, 9.17) is 9.72 Å². The summed E-state index contributed by atoms with van der Waals surface area (Å²) in [6.07, 6.45) is 0. The number of ether oxygens (including phenoxy) is 1. The first-order chi connectivity index (χ1) is 15.0. The molecule has 4 aromatic rings. The molecule has 8 nitrogen and oxygen atoms in total. The predicted molar refractivity (Wildman–Crippen MR) is 120 cm³/mol. The topological polar surface area (TPSA) is 74.3 Å². The molecule has 1 aliphatic rings. The Morgan fingerprint density at radius 2 is 1.77 bits per heavy atom. The van der Waals surface area contributed by atoms with E-state index in [1.807, 2.05) is 64.9 Å². The van der Waals surface area contributed by atoms with Gasteiger partial charge in [-0.25, -0.2) is 4.79 Å². The van der Waals surface area contributed by atoms with Crippen molar-refractivity contribution in [3.63, 3.8) is 0 Å². The molecule has 0 saturated carbocycles. The summed E-state index contributed by atoms with van der Waals surface area (Å²) in [6.45, 7) is 3.47. The molecule has 0 saturated heterocycles. The highest BCUT2D eigenvalue weighted by Crippen LogP contribution is 2.36. The fourth-order valence-electron chi connectivity index (χ4n) is 4.26. The summed E-state index contributed by atoms with van der Waals surface area (Å²) >= 11 is 0. The van der Waals surface area contributed by atoms with Gasteiger partial charge in [0.05, 0.1) is 19.3 Å². The van der Waals surface area contributed by atoms with Crippen LogP contribution in [0.15, 0.2) is 58.1 Å². The molecule has 31 heavy (non-hydrogen) atoms. The third-order valence-corrected chi connectivity index (χ3v) is 5.97. The van der Waals surface area contributed by atoms with E-state index in [1.54, 1.807) is 14.2 Å². The van der Waals surface area contributed by atoms with Crippen LogP contribution in [0.3, 0.4) is 0 Å². The largest absolute Gasteiger partial charge is 0.495 e. The fraction of sp³-hybridized carbons (Fsp3) is 0.261. The van der Waals surface area contributed by atoms with Crippen LogP contribution in [0.25, 0.3) is 11.2 Å². The van der Waals surface area contributed by atoms with Crippen molar-refractivity contribution in [3.05, 3.63) is 80.5 Å². The van der Waals surface area contributed by atoms with Crippen molar-refractivity contribution in [2.24, 2.45) is 7.05 Å². The summed E-state index contributed by atoms with van der Waals surface area (Å²) in [5.41, 5.74) is 3.01. The Morgan fingerprint density at radius 1 is 1.03 bits per heavy atom. The van der Waals surface area contributed by atoms with Crippen molar-refractivity contribution in [3.8, 4) is 5.75 Å². The van der Waals surface area contributed by atoms with Crippen molar-refractivity contribution in [1.82, 2.24) is 18.7 Å². The molecule has 0 bridgehead atoms. The Balaban J connectivity index is 1.70. The minimum absolute atomic E-state index is 0.227. The van der Waals surface area contributed by atoms with Crippen molar-refractivity contribution in [2.45, 2.75) is 20.0 Å². The maximum Gasteiger partial charge on any atom is 0.332 e. The number of benzene rings is 2. The number of fused-ring (bicyclic) bond motifs is 3. The number of hydrogen-bond acceptors (Lipinski definition) is 5. The number of aromatic nitrogens is 4. The molecule has 0 aliphatic carbocycles. The van der Waals surface area contributed by atoms with Crippen molar-refractivity contribution in [1.29, 1.82) is 0 Å². The van der Waals surface area contributed by atoms with Crippen LogP contribution < -0.4 is 20.9 Å². The van der Waals surface area contributed by atoms with E-state index in [9.17, 15) is 9.59 Å². The van der Waals surface area contributed by atoms with Gasteiger partial charge in [0.1, 0.15) is 5.75 Å². The number of para-hydroxylation sites is 2. The van der Waals surface area contributed by atoms with Gasteiger partial charge in [0.15, 0.2) is 11.2 Å². The lowest BCUT2D eigenvalue weighted by Gasteiger charge is -2.18. The lowest BCUT2D eigenvalue weighted by atomic mass is 10.1. The van der Waals surface area contributed by atoms with Gasteiger partial charge >= 0.3 is 5.69 Å². The van der Waals surface area contributed by atoms with Gasteiger partial charge in [-0.05, 0) is 30.2 Å². The number of rotatable bonds is 4. The van der Waals surface area contributed by atoms with Crippen molar-refractivity contribution in [2.75, 3.05) is 18.6 Å². The van der Waals surface area contributed by atoms with Crippen LogP contribution in [-0.4, -0.2) is 32.3 Å². The second-order valence-electron chi connectivity index (χ2n) is 7.72. The molecule has 2 aromatic carbocycles. The number of methoxy groups -OCH3 is 1. The molecular weight excluding hydrogens is 394 g/mol. The van der Waals surface area contributed by atoms with Crippen molar-refractivity contribution >= 4 is 22.8 Å². The number of imidazole rings is 1. The number of anilines is 2. The van der Waals surface area contributed by atoms with Gasteiger partial charge < -0.3 is 14.2 Å². The molecule has 8 heteroatoms. The van der Waals surface area contributed by atoms with Crippen LogP contribution in [0.4, 0.5) is 11.6 Å². The molecule has 0 spiro atoms. The molecule has 0 unspecified atom stereocenters. The van der Waals surface area contributed by atoms with Gasteiger partial charge in [-0.3, -0.25) is 13.9 Å². The summed E-state index contributed by atoms with van der Waals surface area (Å²) in [4.78, 5) is 33.2. The van der Waals surface area contributed by atoms with Gasteiger partial charge in [-0.1, -0.05) is 36.4 Å². The van der Waals surface area contributed by atoms with Crippen LogP contribution in [0.5, 0.6) is 5.75 Å². The van der Waals surface area contributed by atoms with Crippen LogP contribution in [0.1, 0.15) is 11.1 Å². The molecule has 0 atom stereocenters. The highest BCUT2D eigenvalue weighted by molar-refractivity contribution is 5.79. The van der Waals surface area contributed by atoms with E-state index < -0.39 is 0 Å². The molecule has 5 rings (SSSR count). The zero-order valence-corrected chi connectivity index (χ0v) is 17.7. The first-order valence-electron chi connectivity index (χ1n) is 10.2. The summed E-state index contributed by atoms with van der Waals surface area (Å²) in [7, 11) is 3.29. The third-order valence-electron chi connectivity index (χ3n) is 5.97. The first-order valence-corrected chi connectivity index (χ1v) is 10.2. The van der Waals surface area contributed by atoms with Crippen molar-refractivity contribution < 1.29 is 4.74 Å². The SMILES string of the molecule is COc1ccccc1N1CCn2c1nc1c2c(=O)n(Cc2ccccc2C)c(=O)n1C. The van der Waals surface area contributed by atoms with E-state index in [1.165, 1.54) is 9.13 Å². The average molecular weight is 417 g/mol. The van der Waals surface area contributed by atoms with E-state index in [-0.39, 0.29) is 17.8 Å². The lowest BCUT2D eigenvalue weighted by molar-refractivity contribution is 0.415. The highest BCUT2D eigenvalue weighted by Gasteiger charge is 2.30. The maximum atomic E-state index is 13.4. The second-order valence-corrected chi connectivity index (χ2v) is 7.72. The van der Waals surface area contributed by atoms with Crippen LogP contribution in [0.2, 0.25) is 0 Å². The minimum Gasteiger partial charge on any atom is -0.495 e. The zero-order valence-electron chi connectivity index (χ0n) is 17.7. The van der Waals surface area contributed by atoms with Crippen LogP contribution >= 0.6 is 0 Å². The Bertz CT molecular complexity index is 1430. The first kappa shape index (κ1) is 19.2. The number of hydrogen-bond donors (Lipinski definition) is 0. The Kier molecular flexibility index (Phi) is 4.43. The fourth-order valence-corrected chi connectivity index (χ4v) is 4.26. The highest BCUT2D eigenvalue weighted by atomic mass is 16.5. The predicted octanol–water partition coefficient (Wildman–Crippen LogP) is 2.41. The van der Waals surface area contributed by atoms with Gasteiger partial charge in [0.2, 0.25) is 5.95 Å². The van der Waals surface area contributed by atoms with Gasteiger partial charge in [0, 0.05) is 20.1 Å². The van der Waals surface area contributed by atoms with Gasteiger partial charge in [0.25, 0.3) is 5.56 Å². The van der Waals surface area contributed by atoms with Gasteiger partial charge in [-0.15, -0.1) is 0 Å². The number of nitrogens with zero attached hydrogens (tertiary/aromatic N) is 5. The lowest BCUT2D eigenvalue weighted by Crippen LogP contribution is -2.40. The quantitative estimate of drug-likeness (QED) is 0.510. The van der Waals surface area contributed by atoms with E-state index in [0.29, 0.717) is 30.2 Å². The van der Waals surface area contributed by atoms with Gasteiger partial charge in [-0.2, -0.15) is 4.98 Å². The summed E-state index contributed by atoms with van der Waals surface area (Å²) in [6, 6.07) is 15.5. The average Bonchev–Trinajstić information content (AvgIpc) is 3.36. The molecule has 2 aromatic heterocycles. The Labute approximate surface area is 178 Å². The molecule has 0 radical (unpaired) electrons. The normalized spacial score (nSPS) is 13.1. The smallest absolute Gasteiger partial charge is 0.332 e. The standard InChI is InChI=1S/C23H23N5O3/c1-15-8-4-5-9-16(15)14-28-21(29)19-20(25(2)23(28)30)24-22-26(12-13-27(19)22)17-10-6-7-11-18(17)31-3/h4-11H,12-14H2,1-3H3. The summed E-state index contributed by atoms with van der Waals surface area (Å²) in [5.74, 6) is 1.37. The Hall–Kier alpha value is -3.81. The Morgan fingerprint density at radius 3 is 2.55 bits per heavy atom. The monoisotopic (exact) mass is 417 g/mol. The molecule has 3 heterocycles. The maximum absolute atomic E-state index is 13.4. The number of aryl methyl sites for hydroxylation is 2. The van der Waals surface area contributed by atoms with Crippen LogP contribution in [-0.2, 0) is 20.1 Å². The summed E-state index contributed by atoms with van der Waals surface area (Å²) in [5, 5.41) is 0. The van der Waals surface area contributed by atoms with E-state index in [0.717, 1.165) is 22.6 Å². The molecule has 0 amide bonds. The molecule has 0 fully saturated rings. The molecule has 0 N–H and O–H groups in total.